The maximum Gasteiger partial charge on any atom is 0.123 e. The lowest BCUT2D eigenvalue weighted by atomic mass is 10.0. The Bertz CT molecular complexity index is 600. The van der Waals surface area contributed by atoms with Crippen LogP contribution in [-0.4, -0.2) is 25.4 Å². The molecule has 0 bridgehead atoms. The molecule has 6 N–H and O–H groups in total. The Kier molecular flexibility index (Phi) is 4.32. The van der Waals surface area contributed by atoms with Crippen molar-refractivity contribution in [2.24, 2.45) is 0 Å². The molecule has 20 heavy (non-hydrogen) atoms. The molecule has 2 aromatic carbocycles. The number of ether oxygens (including phenoxy) is 1. The first-order valence-electron chi connectivity index (χ1n) is 6.33. The summed E-state index contributed by atoms with van der Waals surface area (Å²) >= 11 is 0. The molecule has 2 rings (SSSR count). The van der Waals surface area contributed by atoms with Crippen molar-refractivity contribution >= 4 is 17.1 Å². The maximum atomic E-state index is 9.97. The Balaban J connectivity index is 2.35. The summed E-state index contributed by atoms with van der Waals surface area (Å²) in [6.07, 6.45) is 0. The topological polar surface area (TPSA) is 93.5 Å². The Morgan fingerprint density at radius 2 is 1.90 bits per heavy atom. The highest BCUT2D eigenvalue weighted by Gasteiger charge is 2.09. The van der Waals surface area contributed by atoms with Gasteiger partial charge in [0.2, 0.25) is 0 Å². The Labute approximate surface area is 118 Å². The normalized spacial score (nSPS) is 10.4. The number of benzene rings is 2. The van der Waals surface area contributed by atoms with Crippen molar-refractivity contribution in [3.63, 3.8) is 0 Å². The van der Waals surface area contributed by atoms with Crippen LogP contribution < -0.4 is 16.8 Å². The zero-order valence-electron chi connectivity index (χ0n) is 11.4. The summed E-state index contributed by atoms with van der Waals surface area (Å²) in [5.41, 5.74) is 15.2. The van der Waals surface area contributed by atoms with Crippen LogP contribution in [0.2, 0.25) is 0 Å². The third kappa shape index (κ3) is 3.13. The van der Waals surface area contributed by atoms with Crippen LogP contribution in [0, 0.1) is 0 Å². The molecule has 0 aliphatic rings. The SMILES string of the molecule is COCCNc1ccc(N)c(-c2cc(N)ccc2O)c1. The van der Waals surface area contributed by atoms with Crippen molar-refractivity contribution in [2.45, 2.75) is 0 Å². The summed E-state index contributed by atoms with van der Waals surface area (Å²) in [7, 11) is 1.65. The molecule has 0 saturated carbocycles. The largest absolute Gasteiger partial charge is 0.507 e. The number of anilines is 3. The van der Waals surface area contributed by atoms with Gasteiger partial charge in [-0.05, 0) is 36.4 Å². The van der Waals surface area contributed by atoms with Gasteiger partial charge in [0.1, 0.15) is 5.75 Å². The third-order valence-electron chi connectivity index (χ3n) is 3.00. The standard InChI is InChI=1S/C15H19N3O2/c1-20-7-6-18-11-3-4-14(17)12(9-11)13-8-10(16)2-5-15(13)19/h2-5,8-9,18-19H,6-7,16-17H2,1H3. The molecule has 0 atom stereocenters. The Hall–Kier alpha value is -2.40. The Morgan fingerprint density at radius 3 is 2.65 bits per heavy atom. The molecule has 0 aliphatic carbocycles. The number of aromatic hydroxyl groups is 1. The van der Waals surface area contributed by atoms with Gasteiger partial charge in [0, 0.05) is 41.8 Å². The quantitative estimate of drug-likeness (QED) is 0.381. The van der Waals surface area contributed by atoms with Crippen LogP contribution in [0.5, 0.6) is 5.75 Å². The van der Waals surface area contributed by atoms with E-state index in [0.29, 0.717) is 30.1 Å². The molecule has 0 unspecified atom stereocenters. The molecule has 0 heterocycles. The van der Waals surface area contributed by atoms with Gasteiger partial charge in [-0.1, -0.05) is 0 Å². The maximum absolute atomic E-state index is 9.97. The molecule has 5 heteroatoms. The van der Waals surface area contributed by atoms with Gasteiger partial charge < -0.3 is 26.6 Å². The molecule has 106 valence electrons. The van der Waals surface area contributed by atoms with E-state index in [1.165, 1.54) is 0 Å². The van der Waals surface area contributed by atoms with Crippen LogP contribution in [-0.2, 0) is 4.74 Å². The second kappa shape index (κ2) is 6.16. The highest BCUT2D eigenvalue weighted by Crippen LogP contribution is 2.36. The van der Waals surface area contributed by atoms with Crippen molar-refractivity contribution in [3.05, 3.63) is 36.4 Å². The zero-order valence-corrected chi connectivity index (χ0v) is 11.4. The number of phenolic OH excluding ortho intramolecular Hbond substituents is 1. The van der Waals surface area contributed by atoms with E-state index in [4.69, 9.17) is 16.2 Å². The smallest absolute Gasteiger partial charge is 0.123 e. The fourth-order valence-electron chi connectivity index (χ4n) is 1.97. The molecule has 0 aliphatic heterocycles. The molecule has 0 aromatic heterocycles. The second-order valence-corrected chi connectivity index (χ2v) is 4.50. The summed E-state index contributed by atoms with van der Waals surface area (Å²) in [5.74, 6) is 0.153. The number of nitrogens with two attached hydrogens (primary N) is 2. The van der Waals surface area contributed by atoms with Crippen LogP contribution in [0.25, 0.3) is 11.1 Å². The highest BCUT2D eigenvalue weighted by atomic mass is 16.5. The number of nitrogens with one attached hydrogen (secondary N) is 1. The predicted molar refractivity (Wildman–Crippen MR) is 82.7 cm³/mol. The summed E-state index contributed by atoms with van der Waals surface area (Å²) in [5, 5.41) is 13.2. The van der Waals surface area contributed by atoms with Gasteiger partial charge in [0.15, 0.2) is 0 Å². The number of methoxy groups -OCH3 is 1. The van der Waals surface area contributed by atoms with Crippen LogP contribution in [0.1, 0.15) is 0 Å². The monoisotopic (exact) mass is 273 g/mol. The van der Waals surface area contributed by atoms with Crippen molar-refractivity contribution < 1.29 is 9.84 Å². The lowest BCUT2D eigenvalue weighted by Gasteiger charge is -2.12. The highest BCUT2D eigenvalue weighted by molar-refractivity contribution is 5.84. The van der Waals surface area contributed by atoms with E-state index in [1.807, 2.05) is 12.1 Å². The van der Waals surface area contributed by atoms with Crippen LogP contribution in [0.15, 0.2) is 36.4 Å². The summed E-state index contributed by atoms with van der Waals surface area (Å²) in [6, 6.07) is 10.5. The van der Waals surface area contributed by atoms with E-state index < -0.39 is 0 Å². The first-order valence-corrected chi connectivity index (χ1v) is 6.33. The minimum absolute atomic E-state index is 0.153. The molecule has 2 aromatic rings. The van der Waals surface area contributed by atoms with Crippen molar-refractivity contribution in [1.29, 1.82) is 0 Å². The van der Waals surface area contributed by atoms with Crippen LogP contribution >= 0.6 is 0 Å². The minimum Gasteiger partial charge on any atom is -0.507 e. The van der Waals surface area contributed by atoms with E-state index in [2.05, 4.69) is 5.32 Å². The molecular formula is C15H19N3O2. The first-order chi connectivity index (χ1) is 9.61. The molecule has 0 saturated heterocycles. The average molecular weight is 273 g/mol. The molecule has 5 nitrogen and oxygen atoms in total. The fourth-order valence-corrected chi connectivity index (χ4v) is 1.97. The van der Waals surface area contributed by atoms with E-state index in [-0.39, 0.29) is 5.75 Å². The Morgan fingerprint density at radius 1 is 1.10 bits per heavy atom. The lowest BCUT2D eigenvalue weighted by Crippen LogP contribution is -2.07. The number of rotatable bonds is 5. The van der Waals surface area contributed by atoms with Gasteiger partial charge in [0.05, 0.1) is 6.61 Å². The van der Waals surface area contributed by atoms with Crippen LogP contribution in [0.4, 0.5) is 17.1 Å². The molecule has 0 fully saturated rings. The van der Waals surface area contributed by atoms with E-state index >= 15 is 0 Å². The molecule has 0 amide bonds. The summed E-state index contributed by atoms with van der Waals surface area (Å²) in [6.45, 7) is 1.31. The van der Waals surface area contributed by atoms with Gasteiger partial charge in [-0.25, -0.2) is 0 Å². The van der Waals surface area contributed by atoms with E-state index in [0.717, 1.165) is 11.3 Å². The predicted octanol–water partition coefficient (Wildman–Crippen LogP) is 2.28. The number of hydrogen-bond donors (Lipinski definition) is 4. The molecular weight excluding hydrogens is 254 g/mol. The number of phenols is 1. The van der Waals surface area contributed by atoms with Gasteiger partial charge in [0.25, 0.3) is 0 Å². The summed E-state index contributed by atoms with van der Waals surface area (Å²) < 4.78 is 4.99. The summed E-state index contributed by atoms with van der Waals surface area (Å²) in [4.78, 5) is 0. The zero-order chi connectivity index (χ0) is 14.5. The molecule has 0 spiro atoms. The van der Waals surface area contributed by atoms with Crippen LogP contribution in [0.3, 0.4) is 0 Å². The molecule has 0 radical (unpaired) electrons. The number of hydrogen-bond acceptors (Lipinski definition) is 5. The fraction of sp³-hybridized carbons (Fsp3) is 0.200. The van der Waals surface area contributed by atoms with Gasteiger partial charge in [-0.2, -0.15) is 0 Å². The second-order valence-electron chi connectivity index (χ2n) is 4.50. The van der Waals surface area contributed by atoms with Crippen molar-refractivity contribution in [1.82, 2.24) is 0 Å². The van der Waals surface area contributed by atoms with E-state index in [9.17, 15) is 5.11 Å². The average Bonchev–Trinajstić information content (AvgIpc) is 2.44. The first kappa shape index (κ1) is 14.0. The van der Waals surface area contributed by atoms with Crippen molar-refractivity contribution in [2.75, 3.05) is 37.0 Å². The van der Waals surface area contributed by atoms with Gasteiger partial charge >= 0.3 is 0 Å². The number of nitrogen functional groups attached to an aromatic ring is 2. The van der Waals surface area contributed by atoms with Gasteiger partial charge in [-0.3, -0.25) is 0 Å². The van der Waals surface area contributed by atoms with Gasteiger partial charge in [-0.15, -0.1) is 0 Å². The van der Waals surface area contributed by atoms with E-state index in [1.54, 1.807) is 31.4 Å². The lowest BCUT2D eigenvalue weighted by molar-refractivity contribution is 0.211. The van der Waals surface area contributed by atoms with Crippen molar-refractivity contribution in [3.8, 4) is 16.9 Å². The third-order valence-corrected chi connectivity index (χ3v) is 3.00. The minimum atomic E-state index is 0.153.